The van der Waals surface area contributed by atoms with Crippen LogP contribution in [0.15, 0.2) is 48.5 Å². The van der Waals surface area contributed by atoms with Gasteiger partial charge >= 0.3 is 0 Å². The number of hydrogen-bond donors (Lipinski definition) is 1. The van der Waals surface area contributed by atoms with Crippen molar-refractivity contribution in [2.45, 2.75) is 5.75 Å². The van der Waals surface area contributed by atoms with Crippen LogP contribution in [0, 0.1) is 10.1 Å². The van der Waals surface area contributed by atoms with E-state index in [0.717, 1.165) is 11.3 Å². The number of hydrogen-bond acceptors (Lipinski definition) is 6. The fourth-order valence-corrected chi connectivity index (χ4v) is 2.88. The molecule has 0 aliphatic carbocycles. The van der Waals surface area contributed by atoms with Crippen molar-refractivity contribution >= 4 is 23.4 Å². The van der Waals surface area contributed by atoms with E-state index in [-0.39, 0.29) is 11.6 Å². The van der Waals surface area contributed by atoms with E-state index in [9.17, 15) is 14.9 Å². The Balaban J connectivity index is 1.59. The summed E-state index contributed by atoms with van der Waals surface area (Å²) >= 11 is 1.45. The second kappa shape index (κ2) is 10.3. The van der Waals surface area contributed by atoms with Crippen molar-refractivity contribution in [3.63, 3.8) is 0 Å². The van der Waals surface area contributed by atoms with Gasteiger partial charge in [-0.3, -0.25) is 14.9 Å². The minimum atomic E-state index is -0.432. The molecule has 2 aromatic carbocycles. The van der Waals surface area contributed by atoms with Gasteiger partial charge in [-0.2, -0.15) is 0 Å². The first-order valence-corrected chi connectivity index (χ1v) is 9.08. The third-order valence-electron chi connectivity index (χ3n) is 3.40. The summed E-state index contributed by atoms with van der Waals surface area (Å²) in [5, 5.41) is 13.4. The van der Waals surface area contributed by atoms with E-state index in [1.165, 1.54) is 23.9 Å². The molecule has 0 aliphatic heterocycles. The van der Waals surface area contributed by atoms with Gasteiger partial charge < -0.3 is 14.8 Å². The standard InChI is InChI=1S/C18H20N2O5S/c1-24-16-6-8-17(9-7-16)25-11-10-19-18(21)13-26-12-14-2-4-15(5-3-14)20(22)23/h2-9H,10-13H2,1H3,(H,19,21). The topological polar surface area (TPSA) is 90.7 Å². The second-order valence-corrected chi connectivity index (χ2v) is 6.28. The highest BCUT2D eigenvalue weighted by atomic mass is 32.2. The molecular weight excluding hydrogens is 356 g/mol. The molecular formula is C18H20N2O5S. The summed E-state index contributed by atoms with van der Waals surface area (Å²) in [5.74, 6) is 2.34. The number of carbonyl (C=O) groups excluding carboxylic acids is 1. The van der Waals surface area contributed by atoms with Gasteiger partial charge in [0, 0.05) is 17.9 Å². The van der Waals surface area contributed by atoms with Gasteiger partial charge in [-0.15, -0.1) is 11.8 Å². The Morgan fingerprint density at radius 3 is 2.38 bits per heavy atom. The lowest BCUT2D eigenvalue weighted by Crippen LogP contribution is -2.29. The number of nitro benzene ring substituents is 1. The molecule has 0 saturated heterocycles. The molecule has 0 saturated carbocycles. The maximum Gasteiger partial charge on any atom is 0.269 e. The van der Waals surface area contributed by atoms with E-state index in [2.05, 4.69) is 5.32 Å². The SMILES string of the molecule is COc1ccc(OCCNC(=O)CSCc2ccc([N+](=O)[O-])cc2)cc1. The molecule has 0 aliphatic rings. The van der Waals surface area contributed by atoms with Crippen LogP contribution in [0.5, 0.6) is 11.5 Å². The maximum absolute atomic E-state index is 11.8. The lowest BCUT2D eigenvalue weighted by Gasteiger charge is -2.08. The van der Waals surface area contributed by atoms with E-state index in [4.69, 9.17) is 9.47 Å². The van der Waals surface area contributed by atoms with Crippen LogP contribution in [0.4, 0.5) is 5.69 Å². The molecule has 0 heterocycles. The molecule has 8 heteroatoms. The van der Waals surface area contributed by atoms with Gasteiger partial charge in [-0.05, 0) is 29.8 Å². The van der Waals surface area contributed by atoms with Crippen LogP contribution in [0.25, 0.3) is 0 Å². The average Bonchev–Trinajstić information content (AvgIpc) is 2.66. The van der Waals surface area contributed by atoms with Crippen molar-refractivity contribution in [3.05, 3.63) is 64.2 Å². The van der Waals surface area contributed by atoms with Crippen LogP contribution >= 0.6 is 11.8 Å². The number of thioether (sulfide) groups is 1. The molecule has 0 spiro atoms. The number of ether oxygens (including phenoxy) is 2. The molecule has 7 nitrogen and oxygen atoms in total. The highest BCUT2D eigenvalue weighted by molar-refractivity contribution is 7.99. The molecule has 1 amide bonds. The lowest BCUT2D eigenvalue weighted by molar-refractivity contribution is -0.384. The largest absolute Gasteiger partial charge is 0.497 e. The van der Waals surface area contributed by atoms with Gasteiger partial charge in [0.05, 0.1) is 24.3 Å². The van der Waals surface area contributed by atoms with Crippen molar-refractivity contribution in [1.82, 2.24) is 5.32 Å². The number of amides is 1. The van der Waals surface area contributed by atoms with E-state index in [1.807, 2.05) is 12.1 Å². The Labute approximate surface area is 155 Å². The highest BCUT2D eigenvalue weighted by Crippen LogP contribution is 2.17. The highest BCUT2D eigenvalue weighted by Gasteiger charge is 2.05. The summed E-state index contributed by atoms with van der Waals surface area (Å²) in [6.45, 7) is 0.800. The van der Waals surface area contributed by atoms with Crippen LogP contribution in [0.2, 0.25) is 0 Å². The van der Waals surface area contributed by atoms with E-state index in [1.54, 1.807) is 31.4 Å². The molecule has 0 bridgehead atoms. The fraction of sp³-hybridized carbons (Fsp3) is 0.278. The molecule has 2 aromatic rings. The summed E-state index contributed by atoms with van der Waals surface area (Å²) in [6, 6.07) is 13.6. The molecule has 0 fully saturated rings. The first-order chi connectivity index (χ1) is 12.6. The number of benzene rings is 2. The monoisotopic (exact) mass is 376 g/mol. The molecule has 0 unspecified atom stereocenters. The van der Waals surface area contributed by atoms with Crippen LogP contribution in [0.3, 0.4) is 0 Å². The zero-order valence-corrected chi connectivity index (χ0v) is 15.2. The molecule has 0 atom stereocenters. The van der Waals surface area contributed by atoms with Crippen LogP contribution in [-0.4, -0.2) is 36.8 Å². The minimum absolute atomic E-state index is 0.0633. The second-order valence-electron chi connectivity index (χ2n) is 5.29. The number of non-ortho nitro benzene ring substituents is 1. The van der Waals surface area contributed by atoms with Gasteiger partial charge in [0.15, 0.2) is 0 Å². The third-order valence-corrected chi connectivity index (χ3v) is 4.41. The Bertz CT molecular complexity index is 719. The van der Waals surface area contributed by atoms with Crippen molar-refractivity contribution < 1.29 is 19.2 Å². The number of methoxy groups -OCH3 is 1. The number of nitrogens with zero attached hydrogens (tertiary/aromatic N) is 1. The predicted molar refractivity (Wildman–Crippen MR) is 101 cm³/mol. The van der Waals surface area contributed by atoms with Crippen molar-refractivity contribution in [2.75, 3.05) is 26.0 Å². The van der Waals surface area contributed by atoms with Crippen molar-refractivity contribution in [3.8, 4) is 11.5 Å². The molecule has 138 valence electrons. The van der Waals surface area contributed by atoms with Gasteiger partial charge in [0.2, 0.25) is 5.91 Å². The number of nitro groups is 1. The maximum atomic E-state index is 11.8. The number of nitrogens with one attached hydrogen (secondary N) is 1. The Morgan fingerprint density at radius 2 is 1.77 bits per heavy atom. The van der Waals surface area contributed by atoms with E-state index < -0.39 is 4.92 Å². The van der Waals surface area contributed by atoms with E-state index >= 15 is 0 Å². The number of rotatable bonds is 10. The zero-order valence-electron chi connectivity index (χ0n) is 14.3. The number of carbonyl (C=O) groups is 1. The quantitative estimate of drug-likeness (QED) is 0.389. The first kappa shape index (κ1) is 19.6. The molecule has 26 heavy (non-hydrogen) atoms. The Kier molecular flexibility index (Phi) is 7.75. The van der Waals surface area contributed by atoms with Gasteiger partial charge in [0.25, 0.3) is 5.69 Å². The molecule has 0 aromatic heterocycles. The fourth-order valence-electron chi connectivity index (χ4n) is 2.06. The molecule has 2 rings (SSSR count). The Hall–Kier alpha value is -2.74. The molecule has 1 N–H and O–H groups in total. The van der Waals surface area contributed by atoms with Gasteiger partial charge in [-0.25, -0.2) is 0 Å². The first-order valence-electron chi connectivity index (χ1n) is 7.93. The molecule has 0 radical (unpaired) electrons. The third kappa shape index (κ3) is 6.64. The Morgan fingerprint density at radius 1 is 1.12 bits per heavy atom. The summed E-state index contributed by atoms with van der Waals surface area (Å²) < 4.78 is 10.6. The van der Waals surface area contributed by atoms with Crippen LogP contribution in [-0.2, 0) is 10.5 Å². The summed E-state index contributed by atoms with van der Waals surface area (Å²) in [5.41, 5.74) is 1.00. The lowest BCUT2D eigenvalue weighted by atomic mass is 10.2. The van der Waals surface area contributed by atoms with Crippen LogP contribution in [0.1, 0.15) is 5.56 Å². The van der Waals surface area contributed by atoms with E-state index in [0.29, 0.717) is 30.4 Å². The van der Waals surface area contributed by atoms with Crippen LogP contribution < -0.4 is 14.8 Å². The van der Waals surface area contributed by atoms with Crippen molar-refractivity contribution in [1.29, 1.82) is 0 Å². The predicted octanol–water partition coefficient (Wildman–Crippen LogP) is 3.03. The van der Waals surface area contributed by atoms with Gasteiger partial charge in [-0.1, -0.05) is 12.1 Å². The summed E-state index contributed by atoms with van der Waals surface area (Å²) in [6.07, 6.45) is 0. The van der Waals surface area contributed by atoms with Gasteiger partial charge in [0.1, 0.15) is 18.1 Å². The normalized spacial score (nSPS) is 10.2. The zero-order chi connectivity index (χ0) is 18.8. The van der Waals surface area contributed by atoms with Crippen molar-refractivity contribution in [2.24, 2.45) is 0 Å². The summed E-state index contributed by atoms with van der Waals surface area (Å²) in [7, 11) is 1.60. The smallest absolute Gasteiger partial charge is 0.269 e. The summed E-state index contributed by atoms with van der Waals surface area (Å²) in [4.78, 5) is 21.9. The average molecular weight is 376 g/mol. The minimum Gasteiger partial charge on any atom is -0.497 e.